The Hall–Kier alpha value is 2.55. The molecule has 0 atom stereocenters. The minimum Gasteiger partial charge on any atom is 0 e. The third kappa shape index (κ3) is 8.82. The van der Waals surface area contributed by atoms with Gasteiger partial charge in [0, 0.05) is 79.4 Å². The summed E-state index contributed by atoms with van der Waals surface area (Å²) in [5.74, 6) is 0. The first-order valence-corrected chi connectivity index (χ1v) is 0. The fourth-order valence-corrected chi connectivity index (χ4v) is 0. The van der Waals surface area contributed by atoms with Crippen LogP contribution in [0, 0.1) is 0 Å². The van der Waals surface area contributed by atoms with Gasteiger partial charge in [-0.3, -0.25) is 0 Å². The van der Waals surface area contributed by atoms with Gasteiger partial charge in [0.1, 0.15) is 0 Å². The third-order valence-corrected chi connectivity index (χ3v) is 0. The van der Waals surface area contributed by atoms with E-state index in [2.05, 4.69) is 0 Å². The second-order valence-corrected chi connectivity index (χ2v) is 0. The molecule has 0 N–H and O–H groups in total. The fourth-order valence-electron chi connectivity index (χ4n) is 0. The zero-order chi connectivity index (χ0) is 0. The van der Waals surface area contributed by atoms with Gasteiger partial charge in [0.05, 0.1) is 0 Å². The SMILES string of the molecule is [Ag].[Ni].[Pt].[Rh]. The van der Waals surface area contributed by atoms with E-state index < -0.39 is 0 Å². The van der Waals surface area contributed by atoms with E-state index in [-0.39, 0.29) is 79.4 Å². The average Bonchev–Trinajstić information content (AvgIpc) is 0. The van der Waals surface area contributed by atoms with Crippen LogP contribution in [0.5, 0.6) is 0 Å². The number of rotatable bonds is 0. The van der Waals surface area contributed by atoms with Crippen LogP contribution in [0.4, 0.5) is 0 Å². The summed E-state index contributed by atoms with van der Waals surface area (Å²) in [5.41, 5.74) is 0. The van der Waals surface area contributed by atoms with Crippen molar-refractivity contribution in [3.05, 3.63) is 0 Å². The molecule has 0 aliphatic rings. The summed E-state index contributed by atoms with van der Waals surface area (Å²) in [7, 11) is 0. The van der Waals surface area contributed by atoms with Crippen molar-refractivity contribution in [3.8, 4) is 0 Å². The van der Waals surface area contributed by atoms with Gasteiger partial charge >= 0.3 is 0 Å². The Kier molecular flexibility index (Phi) is 137. The van der Waals surface area contributed by atoms with E-state index in [0.29, 0.717) is 0 Å². The van der Waals surface area contributed by atoms with E-state index >= 15 is 0 Å². The van der Waals surface area contributed by atoms with Crippen LogP contribution in [-0.4, -0.2) is 0 Å². The Bertz CT molecular complexity index is 8.00. The maximum absolute atomic E-state index is 0. The maximum atomic E-state index is 0. The van der Waals surface area contributed by atoms with Crippen LogP contribution in [0.3, 0.4) is 0 Å². The van der Waals surface area contributed by atoms with Crippen molar-refractivity contribution in [1.29, 1.82) is 0 Å². The van der Waals surface area contributed by atoms with E-state index in [9.17, 15) is 0 Å². The second-order valence-electron chi connectivity index (χ2n) is 0. The topological polar surface area (TPSA) is 0 Å². The van der Waals surface area contributed by atoms with Gasteiger partial charge in [-0.15, -0.1) is 0 Å². The first-order valence-electron chi connectivity index (χ1n) is 0. The van der Waals surface area contributed by atoms with E-state index in [1.54, 1.807) is 0 Å². The maximum Gasteiger partial charge on any atom is 0 e. The van der Waals surface area contributed by atoms with Gasteiger partial charge in [-0.1, -0.05) is 0 Å². The largest absolute Gasteiger partial charge is 0 e. The van der Waals surface area contributed by atoms with Gasteiger partial charge in [-0.05, 0) is 0 Å². The quantitative estimate of drug-likeness (QED) is 0.443. The third-order valence-electron chi connectivity index (χ3n) is 0. The molecule has 2 radical (unpaired) electrons. The molecule has 0 aromatic rings. The van der Waals surface area contributed by atoms with E-state index in [4.69, 9.17) is 0 Å². The summed E-state index contributed by atoms with van der Waals surface area (Å²) in [4.78, 5) is 0. The molecule has 0 unspecified atom stereocenters. The Morgan fingerprint density at radius 1 is 1.00 bits per heavy atom. The smallest absolute Gasteiger partial charge is 0 e. The van der Waals surface area contributed by atoms with Gasteiger partial charge in [0.15, 0.2) is 0 Å². The van der Waals surface area contributed by atoms with Crippen molar-refractivity contribution in [3.63, 3.8) is 0 Å². The van der Waals surface area contributed by atoms with Crippen LogP contribution in [0.1, 0.15) is 0 Å². The van der Waals surface area contributed by atoms with E-state index in [1.165, 1.54) is 0 Å². The summed E-state index contributed by atoms with van der Waals surface area (Å²) in [5, 5.41) is 0. The fraction of sp³-hybridized carbons (Fsp3) is 0. The Balaban J connectivity index is 0. The molecule has 0 aliphatic heterocycles. The van der Waals surface area contributed by atoms with Crippen LogP contribution >= 0.6 is 0 Å². The second kappa shape index (κ2) is 17.7. The average molecular weight is 465 g/mol. The summed E-state index contributed by atoms with van der Waals surface area (Å²) >= 11 is 0. The van der Waals surface area contributed by atoms with Gasteiger partial charge in [0.2, 0.25) is 0 Å². The molecule has 0 saturated carbocycles. The first-order chi connectivity index (χ1) is 0. The van der Waals surface area contributed by atoms with E-state index in [1.807, 2.05) is 0 Å². The molecule has 0 aromatic carbocycles. The molecule has 4 heavy (non-hydrogen) atoms. The molecule has 4 heteroatoms. The number of hydrogen-bond acceptors (Lipinski definition) is 0. The van der Waals surface area contributed by atoms with Crippen LogP contribution in [0.25, 0.3) is 0 Å². The predicted octanol–water partition coefficient (Wildman–Crippen LogP) is -0.0100. The molecule has 40 valence electrons. The molecular weight excluding hydrogens is 465 g/mol. The summed E-state index contributed by atoms with van der Waals surface area (Å²) in [6.07, 6.45) is 0. The molecule has 0 amide bonds. The Morgan fingerprint density at radius 3 is 1.00 bits per heavy atom. The molecule has 0 nitrogen and oxygen atoms in total. The van der Waals surface area contributed by atoms with Gasteiger partial charge in [-0.25, -0.2) is 0 Å². The van der Waals surface area contributed by atoms with Crippen LogP contribution < -0.4 is 0 Å². The molecule has 0 saturated heterocycles. The minimum atomic E-state index is 0. The first kappa shape index (κ1) is 31.1. The van der Waals surface area contributed by atoms with Gasteiger partial charge in [0.25, 0.3) is 0 Å². The van der Waals surface area contributed by atoms with Gasteiger partial charge < -0.3 is 0 Å². The van der Waals surface area contributed by atoms with Gasteiger partial charge in [-0.2, -0.15) is 0 Å². The molecule has 0 aromatic heterocycles. The zero-order valence-electron chi connectivity index (χ0n) is 1.27. The normalized spacial score (nSPS) is 0. The van der Waals surface area contributed by atoms with Crippen molar-refractivity contribution >= 4 is 0 Å². The molecule has 0 heterocycles. The molecule has 0 rings (SSSR count). The predicted molar refractivity (Wildman–Crippen MR) is 0 cm³/mol. The summed E-state index contributed by atoms with van der Waals surface area (Å²) in [6.45, 7) is 0. The van der Waals surface area contributed by atoms with Crippen molar-refractivity contribution in [2.45, 2.75) is 0 Å². The van der Waals surface area contributed by atoms with Crippen molar-refractivity contribution < 1.29 is 79.4 Å². The molecule has 0 aliphatic carbocycles. The van der Waals surface area contributed by atoms with Crippen LogP contribution in [-0.2, 0) is 79.4 Å². The molecular formula is AgNiPtRh. The Morgan fingerprint density at radius 2 is 1.00 bits per heavy atom. The van der Waals surface area contributed by atoms with Crippen LogP contribution in [0.15, 0.2) is 0 Å². The zero-order valence-corrected chi connectivity index (χ0v) is 7.65. The molecule has 0 bridgehead atoms. The minimum absolute atomic E-state index is 0. The summed E-state index contributed by atoms with van der Waals surface area (Å²) in [6, 6.07) is 0. The van der Waals surface area contributed by atoms with Crippen molar-refractivity contribution in [2.24, 2.45) is 0 Å². The summed E-state index contributed by atoms with van der Waals surface area (Å²) < 4.78 is 0. The standard InChI is InChI=1S/Ag.Ni.Pt.Rh. The molecule has 0 fully saturated rings. The Labute approximate surface area is 78.3 Å². The van der Waals surface area contributed by atoms with E-state index in [0.717, 1.165) is 0 Å². The van der Waals surface area contributed by atoms with Crippen molar-refractivity contribution in [2.75, 3.05) is 0 Å². The van der Waals surface area contributed by atoms with Crippen LogP contribution in [0.2, 0.25) is 0 Å². The van der Waals surface area contributed by atoms with Crippen molar-refractivity contribution in [1.82, 2.24) is 0 Å². The number of hydrogen-bond donors (Lipinski definition) is 0. The monoisotopic (exact) mass is 463 g/mol. The molecule has 0 spiro atoms.